The Morgan fingerprint density at radius 1 is 1.14 bits per heavy atom. The normalized spacial score (nSPS) is 16.1. The number of hydrogen-bond donors (Lipinski definition) is 0. The van der Waals surface area contributed by atoms with E-state index in [1.54, 1.807) is 13.3 Å². The number of rotatable bonds is 10. The summed E-state index contributed by atoms with van der Waals surface area (Å²) in [6, 6.07) is 15.1. The second kappa shape index (κ2) is 12.4. The van der Waals surface area contributed by atoms with Gasteiger partial charge in [-0.1, -0.05) is 12.1 Å². The van der Waals surface area contributed by atoms with Crippen LogP contribution in [0.5, 0.6) is 17.2 Å². The lowest BCUT2D eigenvalue weighted by Gasteiger charge is -2.24. The standard InChI is InChI=1S/C28H32N2O6/c1-19(35-20(2)31)16-21-17-23(36-27-10-6-7-15-33-27)11-12-25(21)34-18-22-13-14-29-28(30-22)24-8-4-5-9-26(24)32-3/h4-5,8-9,11-14,17,19,27H,6-7,10,15-16,18H2,1-3H3. The van der Waals surface area contributed by atoms with Gasteiger partial charge in [0.2, 0.25) is 0 Å². The number of esters is 1. The highest BCUT2D eigenvalue weighted by Crippen LogP contribution is 2.30. The van der Waals surface area contributed by atoms with E-state index in [-0.39, 0.29) is 25.0 Å². The molecule has 0 radical (unpaired) electrons. The highest BCUT2D eigenvalue weighted by molar-refractivity contribution is 5.66. The molecule has 0 aliphatic carbocycles. The number of ether oxygens (including phenoxy) is 5. The molecule has 1 aliphatic heterocycles. The van der Waals surface area contributed by atoms with Crippen molar-refractivity contribution in [3.63, 3.8) is 0 Å². The van der Waals surface area contributed by atoms with Gasteiger partial charge in [-0.15, -0.1) is 0 Å². The third-order valence-corrected chi connectivity index (χ3v) is 5.75. The molecule has 0 amide bonds. The second-order valence-corrected chi connectivity index (χ2v) is 8.67. The summed E-state index contributed by atoms with van der Waals surface area (Å²) in [7, 11) is 1.62. The maximum absolute atomic E-state index is 11.4. The molecule has 0 saturated carbocycles. The zero-order chi connectivity index (χ0) is 25.3. The molecule has 2 atom stereocenters. The number of carbonyl (C=O) groups is 1. The van der Waals surface area contributed by atoms with Crippen molar-refractivity contribution in [1.82, 2.24) is 9.97 Å². The summed E-state index contributed by atoms with van der Waals surface area (Å²) < 4.78 is 28.7. The van der Waals surface area contributed by atoms with E-state index in [4.69, 9.17) is 23.7 Å². The molecular formula is C28H32N2O6. The lowest BCUT2D eigenvalue weighted by molar-refractivity contribution is -0.145. The molecule has 4 rings (SSSR count). The zero-order valence-electron chi connectivity index (χ0n) is 20.9. The molecule has 0 bridgehead atoms. The SMILES string of the molecule is COc1ccccc1-c1nccc(COc2ccc(OC3CCCCO3)cc2CC(C)OC(C)=O)n1. The highest BCUT2D eigenvalue weighted by Gasteiger charge is 2.18. The van der Waals surface area contributed by atoms with Crippen molar-refractivity contribution >= 4 is 5.97 Å². The van der Waals surface area contributed by atoms with Crippen LogP contribution in [0.4, 0.5) is 0 Å². The van der Waals surface area contributed by atoms with Crippen LogP contribution < -0.4 is 14.2 Å². The first kappa shape index (κ1) is 25.4. The molecule has 190 valence electrons. The molecular weight excluding hydrogens is 460 g/mol. The van der Waals surface area contributed by atoms with Crippen LogP contribution in [0.1, 0.15) is 44.4 Å². The van der Waals surface area contributed by atoms with Crippen LogP contribution in [0.25, 0.3) is 11.4 Å². The van der Waals surface area contributed by atoms with Gasteiger partial charge in [0.15, 0.2) is 12.1 Å². The molecule has 1 fully saturated rings. The zero-order valence-corrected chi connectivity index (χ0v) is 20.9. The minimum atomic E-state index is -0.321. The largest absolute Gasteiger partial charge is 0.496 e. The van der Waals surface area contributed by atoms with Gasteiger partial charge < -0.3 is 23.7 Å². The maximum Gasteiger partial charge on any atom is 0.302 e. The van der Waals surface area contributed by atoms with Gasteiger partial charge in [0.05, 0.1) is 25.0 Å². The van der Waals surface area contributed by atoms with Crippen LogP contribution in [0, 0.1) is 0 Å². The molecule has 1 aromatic heterocycles. The van der Waals surface area contributed by atoms with Crippen molar-refractivity contribution < 1.29 is 28.5 Å². The number of nitrogens with zero attached hydrogens (tertiary/aromatic N) is 2. The quantitative estimate of drug-likeness (QED) is 0.360. The Morgan fingerprint density at radius 2 is 2.00 bits per heavy atom. The molecule has 1 saturated heterocycles. The van der Waals surface area contributed by atoms with E-state index in [0.717, 1.165) is 36.1 Å². The summed E-state index contributed by atoms with van der Waals surface area (Å²) in [5, 5.41) is 0. The van der Waals surface area contributed by atoms with Crippen LogP contribution in [0.3, 0.4) is 0 Å². The average Bonchev–Trinajstić information content (AvgIpc) is 2.88. The van der Waals surface area contributed by atoms with Crippen molar-refractivity contribution in [3.05, 3.63) is 66.0 Å². The van der Waals surface area contributed by atoms with Gasteiger partial charge in [0.25, 0.3) is 0 Å². The van der Waals surface area contributed by atoms with Gasteiger partial charge in [-0.25, -0.2) is 9.97 Å². The fourth-order valence-electron chi connectivity index (χ4n) is 4.11. The number of aromatic nitrogens is 2. The first-order chi connectivity index (χ1) is 17.5. The molecule has 0 N–H and O–H groups in total. The third kappa shape index (κ3) is 6.95. The first-order valence-electron chi connectivity index (χ1n) is 12.2. The van der Waals surface area contributed by atoms with E-state index in [1.165, 1.54) is 6.92 Å². The molecule has 8 heteroatoms. The van der Waals surface area contributed by atoms with Crippen molar-refractivity contribution in [2.24, 2.45) is 0 Å². The molecule has 36 heavy (non-hydrogen) atoms. The van der Waals surface area contributed by atoms with Gasteiger partial charge in [-0.3, -0.25) is 4.79 Å². The molecule has 0 spiro atoms. The van der Waals surface area contributed by atoms with Crippen LogP contribution in [0.2, 0.25) is 0 Å². The smallest absolute Gasteiger partial charge is 0.302 e. The number of carbonyl (C=O) groups excluding carboxylic acids is 1. The molecule has 2 aromatic carbocycles. The summed E-state index contributed by atoms with van der Waals surface area (Å²) in [6.45, 7) is 4.21. The lowest BCUT2D eigenvalue weighted by atomic mass is 10.1. The van der Waals surface area contributed by atoms with E-state index in [9.17, 15) is 4.79 Å². The predicted octanol–water partition coefficient (Wildman–Crippen LogP) is 5.13. The number of methoxy groups -OCH3 is 1. The van der Waals surface area contributed by atoms with E-state index in [2.05, 4.69) is 9.97 Å². The van der Waals surface area contributed by atoms with Crippen LogP contribution in [0.15, 0.2) is 54.7 Å². The highest BCUT2D eigenvalue weighted by atomic mass is 16.7. The Hall–Kier alpha value is -3.65. The minimum Gasteiger partial charge on any atom is -0.496 e. The van der Waals surface area contributed by atoms with Crippen molar-refractivity contribution in [3.8, 4) is 28.6 Å². The van der Waals surface area contributed by atoms with Crippen LogP contribution in [-0.4, -0.2) is 42.0 Å². The van der Waals surface area contributed by atoms with Crippen molar-refractivity contribution in [2.45, 2.75) is 58.5 Å². The summed E-state index contributed by atoms with van der Waals surface area (Å²) in [6.07, 6.45) is 4.62. The van der Waals surface area contributed by atoms with Gasteiger partial charge in [-0.05, 0) is 56.2 Å². The molecule has 3 aromatic rings. The van der Waals surface area contributed by atoms with Crippen molar-refractivity contribution in [1.29, 1.82) is 0 Å². The minimum absolute atomic E-state index is 0.242. The van der Waals surface area contributed by atoms with E-state index in [1.807, 2.05) is 55.5 Å². The van der Waals surface area contributed by atoms with E-state index < -0.39 is 0 Å². The molecule has 8 nitrogen and oxygen atoms in total. The van der Waals surface area contributed by atoms with Crippen molar-refractivity contribution in [2.75, 3.05) is 13.7 Å². The Kier molecular flexibility index (Phi) is 8.73. The molecule has 2 unspecified atom stereocenters. The Balaban J connectivity index is 1.51. The van der Waals surface area contributed by atoms with Gasteiger partial charge in [0.1, 0.15) is 30.0 Å². The summed E-state index contributed by atoms with van der Waals surface area (Å²) in [5.41, 5.74) is 2.40. The van der Waals surface area contributed by atoms with Crippen LogP contribution >= 0.6 is 0 Å². The Morgan fingerprint density at radius 3 is 2.78 bits per heavy atom. The fraction of sp³-hybridized carbons (Fsp3) is 0.393. The van der Waals surface area contributed by atoms with Gasteiger partial charge >= 0.3 is 5.97 Å². The van der Waals surface area contributed by atoms with Gasteiger partial charge in [-0.2, -0.15) is 0 Å². The average molecular weight is 493 g/mol. The maximum atomic E-state index is 11.4. The summed E-state index contributed by atoms with van der Waals surface area (Å²) in [5.74, 6) is 2.31. The van der Waals surface area contributed by atoms with E-state index in [0.29, 0.717) is 36.1 Å². The number of benzene rings is 2. The van der Waals surface area contributed by atoms with E-state index >= 15 is 0 Å². The van der Waals surface area contributed by atoms with Gasteiger partial charge in [0, 0.05) is 31.5 Å². The van der Waals surface area contributed by atoms with Crippen LogP contribution in [-0.2, 0) is 27.3 Å². The topological polar surface area (TPSA) is 89.0 Å². The predicted molar refractivity (Wildman–Crippen MR) is 134 cm³/mol. The number of hydrogen-bond acceptors (Lipinski definition) is 8. The summed E-state index contributed by atoms with van der Waals surface area (Å²) >= 11 is 0. The second-order valence-electron chi connectivity index (χ2n) is 8.67. The number of para-hydroxylation sites is 1. The summed E-state index contributed by atoms with van der Waals surface area (Å²) in [4.78, 5) is 20.5. The first-order valence-corrected chi connectivity index (χ1v) is 12.2. The monoisotopic (exact) mass is 492 g/mol. The molecule has 1 aliphatic rings. The lowest BCUT2D eigenvalue weighted by Crippen LogP contribution is -2.25. The Labute approximate surface area is 211 Å². The Bertz CT molecular complexity index is 1160. The fourth-order valence-corrected chi connectivity index (χ4v) is 4.11. The molecule has 2 heterocycles. The third-order valence-electron chi connectivity index (χ3n) is 5.75.